The molecule has 1 aromatic rings. The summed E-state index contributed by atoms with van der Waals surface area (Å²) in [6.07, 6.45) is 0. The second kappa shape index (κ2) is 9.87. The number of halogens is 4. The first kappa shape index (κ1) is 19.9. The highest BCUT2D eigenvalue weighted by Gasteiger charge is 2.17. The van der Waals surface area contributed by atoms with E-state index in [-0.39, 0.29) is 28.7 Å². The SMILES string of the molecule is Cl.O=C(NCCN1CCNCC1)c1cc(Cl)ccc1OC(F)F. The fourth-order valence-electron chi connectivity index (χ4n) is 2.24. The van der Waals surface area contributed by atoms with Crippen molar-refractivity contribution in [3.8, 4) is 5.75 Å². The van der Waals surface area contributed by atoms with Crippen LogP contribution in [0.4, 0.5) is 8.78 Å². The molecule has 0 aliphatic carbocycles. The van der Waals surface area contributed by atoms with Gasteiger partial charge in [-0.15, -0.1) is 12.4 Å². The average molecular weight is 370 g/mol. The van der Waals surface area contributed by atoms with Gasteiger partial charge in [0.15, 0.2) is 0 Å². The molecule has 1 aliphatic rings. The van der Waals surface area contributed by atoms with Crippen molar-refractivity contribution in [2.24, 2.45) is 0 Å². The molecule has 1 saturated heterocycles. The van der Waals surface area contributed by atoms with Crippen LogP contribution in [0.25, 0.3) is 0 Å². The van der Waals surface area contributed by atoms with Crippen LogP contribution in [0.15, 0.2) is 18.2 Å². The fraction of sp³-hybridized carbons (Fsp3) is 0.500. The van der Waals surface area contributed by atoms with E-state index in [0.717, 1.165) is 26.2 Å². The molecule has 1 amide bonds. The molecular weight excluding hydrogens is 351 g/mol. The standard InChI is InChI=1S/C14H18ClF2N3O2.ClH/c15-10-1-2-12(22-14(16)17)11(9-10)13(21)19-5-8-20-6-3-18-4-7-20;/h1-2,9,14,18H,3-8H2,(H,19,21);1H. The van der Waals surface area contributed by atoms with Crippen molar-refractivity contribution in [2.75, 3.05) is 39.3 Å². The highest BCUT2D eigenvalue weighted by atomic mass is 35.5. The molecule has 130 valence electrons. The molecule has 2 N–H and O–H groups in total. The maximum absolute atomic E-state index is 12.4. The number of hydrogen-bond acceptors (Lipinski definition) is 4. The van der Waals surface area contributed by atoms with Gasteiger partial charge in [-0.3, -0.25) is 9.69 Å². The third-order valence-corrected chi connectivity index (χ3v) is 3.56. The Bertz CT molecular complexity index is 515. The van der Waals surface area contributed by atoms with Crippen LogP contribution >= 0.6 is 24.0 Å². The number of hydrogen-bond donors (Lipinski definition) is 2. The van der Waals surface area contributed by atoms with Crippen LogP contribution in [0.5, 0.6) is 5.75 Å². The number of carbonyl (C=O) groups excluding carboxylic acids is 1. The van der Waals surface area contributed by atoms with Crippen molar-refractivity contribution in [1.29, 1.82) is 0 Å². The van der Waals surface area contributed by atoms with Gasteiger partial charge in [-0.05, 0) is 18.2 Å². The smallest absolute Gasteiger partial charge is 0.387 e. The summed E-state index contributed by atoms with van der Waals surface area (Å²) in [7, 11) is 0. The molecule has 5 nitrogen and oxygen atoms in total. The summed E-state index contributed by atoms with van der Waals surface area (Å²) in [5, 5.41) is 6.23. The molecule has 1 aromatic carbocycles. The molecule has 1 fully saturated rings. The van der Waals surface area contributed by atoms with Crippen LogP contribution < -0.4 is 15.4 Å². The van der Waals surface area contributed by atoms with Crippen LogP contribution in [0.3, 0.4) is 0 Å². The monoisotopic (exact) mass is 369 g/mol. The van der Waals surface area contributed by atoms with E-state index in [1.807, 2.05) is 0 Å². The molecule has 0 saturated carbocycles. The van der Waals surface area contributed by atoms with Crippen molar-refractivity contribution in [2.45, 2.75) is 6.61 Å². The van der Waals surface area contributed by atoms with Crippen LogP contribution in [0, 0.1) is 0 Å². The van der Waals surface area contributed by atoms with Crippen molar-refractivity contribution >= 4 is 29.9 Å². The highest BCUT2D eigenvalue weighted by Crippen LogP contribution is 2.24. The number of ether oxygens (including phenoxy) is 1. The number of carbonyl (C=O) groups is 1. The highest BCUT2D eigenvalue weighted by molar-refractivity contribution is 6.31. The molecule has 2 rings (SSSR count). The van der Waals surface area contributed by atoms with E-state index in [2.05, 4.69) is 20.3 Å². The predicted octanol–water partition coefficient (Wildman–Crippen LogP) is 2.00. The lowest BCUT2D eigenvalue weighted by Gasteiger charge is -2.27. The second-order valence-electron chi connectivity index (χ2n) is 4.87. The van der Waals surface area contributed by atoms with E-state index in [1.165, 1.54) is 18.2 Å². The van der Waals surface area contributed by atoms with Crippen molar-refractivity contribution in [3.63, 3.8) is 0 Å². The maximum Gasteiger partial charge on any atom is 0.387 e. The summed E-state index contributed by atoms with van der Waals surface area (Å²) >= 11 is 5.81. The van der Waals surface area contributed by atoms with Crippen molar-refractivity contribution in [3.05, 3.63) is 28.8 Å². The zero-order chi connectivity index (χ0) is 15.9. The molecule has 0 radical (unpaired) electrons. The van der Waals surface area contributed by atoms with Crippen LogP contribution in [0.1, 0.15) is 10.4 Å². The minimum absolute atomic E-state index is 0. The van der Waals surface area contributed by atoms with Gasteiger partial charge in [-0.2, -0.15) is 8.78 Å². The number of benzene rings is 1. The molecule has 0 aromatic heterocycles. The minimum Gasteiger partial charge on any atom is -0.434 e. The Morgan fingerprint density at radius 3 is 2.74 bits per heavy atom. The Hall–Kier alpha value is -1.15. The van der Waals surface area contributed by atoms with Gasteiger partial charge >= 0.3 is 6.61 Å². The number of amides is 1. The number of nitrogens with zero attached hydrogens (tertiary/aromatic N) is 1. The van der Waals surface area contributed by atoms with Gasteiger partial charge in [0.25, 0.3) is 5.91 Å². The van der Waals surface area contributed by atoms with Gasteiger partial charge in [0, 0.05) is 44.3 Å². The number of piperazine rings is 1. The van der Waals surface area contributed by atoms with Gasteiger partial charge in [0.05, 0.1) is 5.56 Å². The normalized spacial score (nSPS) is 15.1. The van der Waals surface area contributed by atoms with E-state index < -0.39 is 12.5 Å². The van der Waals surface area contributed by atoms with E-state index in [0.29, 0.717) is 13.1 Å². The van der Waals surface area contributed by atoms with Gasteiger partial charge in [-0.1, -0.05) is 11.6 Å². The summed E-state index contributed by atoms with van der Waals surface area (Å²) in [5.41, 5.74) is 0.00751. The summed E-state index contributed by atoms with van der Waals surface area (Å²) < 4.78 is 29.1. The van der Waals surface area contributed by atoms with Gasteiger partial charge in [0.1, 0.15) is 5.75 Å². The lowest BCUT2D eigenvalue weighted by molar-refractivity contribution is -0.0501. The van der Waals surface area contributed by atoms with Crippen molar-refractivity contribution in [1.82, 2.24) is 15.5 Å². The first-order chi connectivity index (χ1) is 10.6. The summed E-state index contributed by atoms with van der Waals surface area (Å²) in [5.74, 6) is -0.660. The molecule has 0 bridgehead atoms. The largest absolute Gasteiger partial charge is 0.434 e. The first-order valence-corrected chi connectivity index (χ1v) is 7.39. The van der Waals surface area contributed by atoms with Crippen LogP contribution in [0.2, 0.25) is 5.02 Å². The molecule has 1 aliphatic heterocycles. The maximum atomic E-state index is 12.4. The lowest BCUT2D eigenvalue weighted by Crippen LogP contribution is -2.46. The third-order valence-electron chi connectivity index (χ3n) is 3.33. The Morgan fingerprint density at radius 2 is 2.09 bits per heavy atom. The zero-order valence-electron chi connectivity index (χ0n) is 12.4. The first-order valence-electron chi connectivity index (χ1n) is 7.02. The molecule has 1 heterocycles. The quantitative estimate of drug-likeness (QED) is 0.805. The third kappa shape index (κ3) is 6.47. The topological polar surface area (TPSA) is 53.6 Å². The molecule has 0 spiro atoms. The van der Waals surface area contributed by atoms with Gasteiger partial charge in [-0.25, -0.2) is 0 Å². The van der Waals surface area contributed by atoms with Crippen molar-refractivity contribution < 1.29 is 18.3 Å². The number of nitrogens with one attached hydrogen (secondary N) is 2. The molecule has 9 heteroatoms. The summed E-state index contributed by atoms with van der Waals surface area (Å²) in [6.45, 7) is 1.84. The van der Waals surface area contributed by atoms with Gasteiger partial charge < -0.3 is 15.4 Å². The Morgan fingerprint density at radius 1 is 1.39 bits per heavy atom. The summed E-state index contributed by atoms with van der Waals surface area (Å²) in [6, 6.07) is 3.98. The van der Waals surface area contributed by atoms with Crippen LogP contribution in [-0.2, 0) is 0 Å². The van der Waals surface area contributed by atoms with E-state index in [9.17, 15) is 13.6 Å². The fourth-order valence-corrected chi connectivity index (χ4v) is 2.41. The summed E-state index contributed by atoms with van der Waals surface area (Å²) in [4.78, 5) is 14.3. The van der Waals surface area contributed by atoms with E-state index in [4.69, 9.17) is 11.6 Å². The predicted molar refractivity (Wildman–Crippen MR) is 87.0 cm³/mol. The minimum atomic E-state index is -2.99. The van der Waals surface area contributed by atoms with Crippen LogP contribution in [-0.4, -0.2) is 56.7 Å². The average Bonchev–Trinajstić information content (AvgIpc) is 2.49. The second-order valence-corrected chi connectivity index (χ2v) is 5.30. The Labute approximate surface area is 144 Å². The molecule has 0 unspecified atom stereocenters. The van der Waals surface area contributed by atoms with E-state index in [1.54, 1.807) is 0 Å². The molecular formula is C14H19Cl2F2N3O2. The number of rotatable bonds is 6. The zero-order valence-corrected chi connectivity index (χ0v) is 13.9. The Kier molecular flexibility index (Phi) is 8.54. The van der Waals surface area contributed by atoms with Gasteiger partial charge in [0.2, 0.25) is 0 Å². The Balaban J connectivity index is 0.00000264. The number of alkyl halides is 2. The van der Waals surface area contributed by atoms with E-state index >= 15 is 0 Å². The lowest BCUT2D eigenvalue weighted by atomic mass is 10.2. The molecule has 23 heavy (non-hydrogen) atoms. The molecule has 0 atom stereocenters.